The first-order valence-electron chi connectivity index (χ1n) is 8.37. The lowest BCUT2D eigenvalue weighted by Crippen LogP contribution is -2.53. The average Bonchev–Trinajstić information content (AvgIpc) is 3.00. The van der Waals surface area contributed by atoms with Gasteiger partial charge in [0.1, 0.15) is 0 Å². The summed E-state index contributed by atoms with van der Waals surface area (Å²) in [5.41, 5.74) is 0. The van der Waals surface area contributed by atoms with Crippen molar-refractivity contribution < 1.29 is 4.79 Å². The summed E-state index contributed by atoms with van der Waals surface area (Å²) in [4.78, 5) is 14.5. The predicted octanol–water partition coefficient (Wildman–Crippen LogP) is 1.22. The van der Waals surface area contributed by atoms with E-state index in [0.717, 1.165) is 37.4 Å². The van der Waals surface area contributed by atoms with Crippen molar-refractivity contribution >= 4 is 5.91 Å². The van der Waals surface area contributed by atoms with Gasteiger partial charge in [-0.15, -0.1) is 0 Å². The Morgan fingerprint density at radius 3 is 2.90 bits per heavy atom. The van der Waals surface area contributed by atoms with Gasteiger partial charge in [-0.05, 0) is 50.9 Å². The molecule has 4 nitrogen and oxygen atoms in total. The summed E-state index contributed by atoms with van der Waals surface area (Å²) in [6, 6.07) is 0.859. The number of hydrogen-bond acceptors (Lipinski definition) is 3. The molecule has 1 saturated heterocycles. The van der Waals surface area contributed by atoms with Crippen molar-refractivity contribution in [3.05, 3.63) is 0 Å². The quantitative estimate of drug-likeness (QED) is 0.813. The van der Waals surface area contributed by atoms with Crippen LogP contribution >= 0.6 is 0 Å². The Bertz CT molecular complexity index is 360. The van der Waals surface area contributed by atoms with Crippen molar-refractivity contribution in [2.45, 2.75) is 51.6 Å². The van der Waals surface area contributed by atoms with Gasteiger partial charge < -0.3 is 10.6 Å². The van der Waals surface area contributed by atoms with Crippen molar-refractivity contribution in [3.8, 4) is 0 Å². The zero-order chi connectivity index (χ0) is 14.1. The zero-order valence-corrected chi connectivity index (χ0v) is 12.9. The monoisotopic (exact) mass is 279 g/mol. The summed E-state index contributed by atoms with van der Waals surface area (Å²) in [6.07, 6.45) is 5.59. The van der Waals surface area contributed by atoms with Gasteiger partial charge in [0.15, 0.2) is 0 Å². The molecule has 3 rings (SSSR count). The first-order valence-corrected chi connectivity index (χ1v) is 8.37. The van der Waals surface area contributed by atoms with Crippen molar-refractivity contribution in [3.63, 3.8) is 0 Å². The number of amides is 1. The van der Waals surface area contributed by atoms with Crippen LogP contribution in [0.15, 0.2) is 0 Å². The maximum atomic E-state index is 12.2. The van der Waals surface area contributed by atoms with Gasteiger partial charge in [0.2, 0.25) is 5.91 Å². The van der Waals surface area contributed by atoms with Crippen LogP contribution in [0.3, 0.4) is 0 Å². The molecule has 0 aromatic carbocycles. The molecule has 2 bridgehead atoms. The van der Waals surface area contributed by atoms with E-state index in [1.54, 1.807) is 0 Å². The Hall–Kier alpha value is -0.610. The normalized spacial score (nSPS) is 38.9. The van der Waals surface area contributed by atoms with Crippen LogP contribution in [0.1, 0.15) is 39.5 Å². The van der Waals surface area contributed by atoms with Crippen LogP contribution in [0.5, 0.6) is 0 Å². The highest BCUT2D eigenvalue weighted by Gasteiger charge is 2.42. The van der Waals surface area contributed by atoms with Crippen molar-refractivity contribution in [2.75, 3.05) is 26.2 Å². The molecule has 1 aliphatic heterocycles. The summed E-state index contributed by atoms with van der Waals surface area (Å²) in [5.74, 6) is 2.79. The van der Waals surface area contributed by atoms with Gasteiger partial charge in [0.05, 0.1) is 6.54 Å². The van der Waals surface area contributed by atoms with Crippen molar-refractivity contribution in [2.24, 2.45) is 17.8 Å². The first-order chi connectivity index (χ1) is 9.61. The number of piperazine rings is 1. The number of carbonyl (C=O) groups is 1. The molecule has 114 valence electrons. The van der Waals surface area contributed by atoms with E-state index < -0.39 is 0 Å². The van der Waals surface area contributed by atoms with Crippen LogP contribution in [0, 0.1) is 17.8 Å². The Morgan fingerprint density at radius 2 is 2.25 bits per heavy atom. The van der Waals surface area contributed by atoms with E-state index in [2.05, 4.69) is 29.4 Å². The SMILES string of the molecule is CC(NC(=O)CN1CCN[C@H](C)C1)C1CC2CCC1C2. The third-order valence-electron chi connectivity index (χ3n) is 5.64. The molecule has 0 aromatic heterocycles. The van der Waals surface area contributed by atoms with E-state index >= 15 is 0 Å². The third-order valence-corrected chi connectivity index (χ3v) is 5.64. The topological polar surface area (TPSA) is 44.4 Å². The van der Waals surface area contributed by atoms with Gasteiger partial charge in [-0.25, -0.2) is 0 Å². The molecule has 0 radical (unpaired) electrons. The van der Waals surface area contributed by atoms with Crippen molar-refractivity contribution in [1.29, 1.82) is 0 Å². The second-order valence-corrected chi connectivity index (χ2v) is 7.29. The van der Waals surface area contributed by atoms with Gasteiger partial charge in [-0.2, -0.15) is 0 Å². The lowest BCUT2D eigenvalue weighted by atomic mass is 9.84. The summed E-state index contributed by atoms with van der Waals surface area (Å²) < 4.78 is 0. The summed E-state index contributed by atoms with van der Waals surface area (Å²) in [6.45, 7) is 7.93. The van der Waals surface area contributed by atoms with Crippen LogP contribution in [0.2, 0.25) is 0 Å². The lowest BCUT2D eigenvalue weighted by molar-refractivity contribution is -0.123. The van der Waals surface area contributed by atoms with Crippen LogP contribution in [-0.2, 0) is 4.79 Å². The molecule has 4 unspecified atom stereocenters. The smallest absolute Gasteiger partial charge is 0.234 e. The molecule has 1 amide bonds. The number of nitrogens with one attached hydrogen (secondary N) is 2. The van der Waals surface area contributed by atoms with Gasteiger partial charge in [0.25, 0.3) is 0 Å². The highest BCUT2D eigenvalue weighted by Crippen LogP contribution is 2.49. The van der Waals surface area contributed by atoms with Crippen LogP contribution in [0.4, 0.5) is 0 Å². The van der Waals surface area contributed by atoms with E-state index in [1.165, 1.54) is 25.7 Å². The van der Waals surface area contributed by atoms with E-state index in [0.29, 0.717) is 18.6 Å². The summed E-state index contributed by atoms with van der Waals surface area (Å²) >= 11 is 0. The molecule has 3 aliphatic rings. The summed E-state index contributed by atoms with van der Waals surface area (Å²) in [5, 5.41) is 6.68. The average molecular weight is 279 g/mol. The molecule has 1 heterocycles. The van der Waals surface area contributed by atoms with Gasteiger partial charge in [0, 0.05) is 31.7 Å². The fourth-order valence-corrected chi connectivity index (χ4v) is 4.67. The van der Waals surface area contributed by atoms with E-state index in [9.17, 15) is 4.79 Å². The molecule has 2 N–H and O–H groups in total. The third kappa shape index (κ3) is 3.17. The Morgan fingerprint density at radius 1 is 1.40 bits per heavy atom. The molecule has 0 spiro atoms. The second kappa shape index (κ2) is 6.02. The number of fused-ring (bicyclic) bond motifs is 2. The van der Waals surface area contributed by atoms with Crippen LogP contribution < -0.4 is 10.6 Å². The van der Waals surface area contributed by atoms with Crippen LogP contribution in [-0.4, -0.2) is 49.1 Å². The predicted molar refractivity (Wildman–Crippen MR) is 80.4 cm³/mol. The Labute approximate surface area is 122 Å². The standard InChI is InChI=1S/C16H29N3O/c1-11-9-19(6-5-17-11)10-16(20)18-12(2)15-8-13-3-4-14(15)7-13/h11-15,17H,3-10H2,1-2H3,(H,18,20)/t11-,12?,13?,14?,15?/m1/s1. The molecule has 2 saturated carbocycles. The fraction of sp³-hybridized carbons (Fsp3) is 0.938. The largest absolute Gasteiger partial charge is 0.352 e. The minimum absolute atomic E-state index is 0.217. The second-order valence-electron chi connectivity index (χ2n) is 7.29. The number of rotatable bonds is 4. The summed E-state index contributed by atoms with van der Waals surface area (Å²) in [7, 11) is 0. The molecule has 3 fully saturated rings. The molecule has 0 aromatic rings. The maximum Gasteiger partial charge on any atom is 0.234 e. The van der Waals surface area contributed by atoms with Crippen LogP contribution in [0.25, 0.3) is 0 Å². The Balaban J connectivity index is 1.44. The number of nitrogens with zero attached hydrogens (tertiary/aromatic N) is 1. The zero-order valence-electron chi connectivity index (χ0n) is 12.9. The molecular formula is C16H29N3O. The molecule has 20 heavy (non-hydrogen) atoms. The first kappa shape index (κ1) is 14.3. The highest BCUT2D eigenvalue weighted by atomic mass is 16.2. The Kier molecular flexibility index (Phi) is 4.32. The molecule has 5 atom stereocenters. The number of carbonyl (C=O) groups excluding carboxylic acids is 1. The van der Waals surface area contributed by atoms with Crippen molar-refractivity contribution in [1.82, 2.24) is 15.5 Å². The van der Waals surface area contributed by atoms with Gasteiger partial charge >= 0.3 is 0 Å². The molecule has 2 aliphatic carbocycles. The lowest BCUT2D eigenvalue weighted by Gasteiger charge is -2.33. The minimum Gasteiger partial charge on any atom is -0.352 e. The van der Waals surface area contributed by atoms with Gasteiger partial charge in [-0.3, -0.25) is 9.69 Å². The fourth-order valence-electron chi connectivity index (χ4n) is 4.67. The maximum absolute atomic E-state index is 12.2. The molecular weight excluding hydrogens is 250 g/mol. The van der Waals surface area contributed by atoms with E-state index in [1.807, 2.05) is 0 Å². The van der Waals surface area contributed by atoms with Gasteiger partial charge in [-0.1, -0.05) is 6.42 Å². The highest BCUT2D eigenvalue weighted by molar-refractivity contribution is 5.78. The number of hydrogen-bond donors (Lipinski definition) is 2. The van der Waals surface area contributed by atoms with E-state index in [-0.39, 0.29) is 5.91 Å². The molecule has 4 heteroatoms. The minimum atomic E-state index is 0.217. The van der Waals surface area contributed by atoms with E-state index in [4.69, 9.17) is 0 Å².